The number of carbonyl (C=O) groups is 4. The highest BCUT2D eigenvalue weighted by atomic mass is 16.5. The summed E-state index contributed by atoms with van der Waals surface area (Å²) in [5.41, 5.74) is 5.14. The van der Waals surface area contributed by atoms with Crippen LogP contribution in [0.4, 0.5) is 0 Å². The molecule has 3 rings (SSSR count). The van der Waals surface area contributed by atoms with E-state index in [1.165, 1.54) is 5.01 Å². The van der Waals surface area contributed by atoms with Crippen LogP contribution in [0.2, 0.25) is 0 Å². The van der Waals surface area contributed by atoms with Gasteiger partial charge >= 0.3 is 5.97 Å². The van der Waals surface area contributed by atoms with Gasteiger partial charge in [0.05, 0.1) is 18.1 Å². The summed E-state index contributed by atoms with van der Waals surface area (Å²) in [4.78, 5) is 52.1. The Labute approximate surface area is 231 Å². The molecule has 39 heavy (non-hydrogen) atoms. The van der Waals surface area contributed by atoms with Gasteiger partial charge in [0.15, 0.2) is 6.10 Å². The summed E-state index contributed by atoms with van der Waals surface area (Å²) in [6, 6.07) is 6.36. The fourth-order valence-corrected chi connectivity index (χ4v) is 4.96. The third kappa shape index (κ3) is 8.25. The van der Waals surface area contributed by atoms with E-state index in [0.29, 0.717) is 32.2 Å². The number of hydrogen-bond donors (Lipinski definition) is 4. The first-order chi connectivity index (χ1) is 18.5. The van der Waals surface area contributed by atoms with Crippen LogP contribution in [0.15, 0.2) is 24.3 Å². The first-order valence-electron chi connectivity index (χ1n) is 14.1. The van der Waals surface area contributed by atoms with Gasteiger partial charge in [0, 0.05) is 6.54 Å². The van der Waals surface area contributed by atoms with E-state index >= 15 is 0 Å². The van der Waals surface area contributed by atoms with Crippen molar-refractivity contribution in [2.45, 2.75) is 103 Å². The van der Waals surface area contributed by atoms with Crippen molar-refractivity contribution >= 4 is 23.7 Å². The fourth-order valence-electron chi connectivity index (χ4n) is 4.96. The van der Waals surface area contributed by atoms with Crippen LogP contribution < -0.4 is 16.1 Å². The third-order valence-electron chi connectivity index (χ3n) is 7.58. The number of hydrazine groups is 1. The van der Waals surface area contributed by atoms with Crippen LogP contribution in [0.25, 0.3) is 0 Å². The number of carbonyl (C=O) groups excluding carboxylic acids is 4. The first-order valence-corrected chi connectivity index (χ1v) is 14.1. The Morgan fingerprint density at radius 3 is 2.38 bits per heavy atom. The number of aryl methyl sites for hydroxylation is 1. The molecule has 2 heterocycles. The van der Waals surface area contributed by atoms with Crippen molar-refractivity contribution < 1.29 is 29.0 Å². The number of nitrogens with zero attached hydrogens (tertiary/aromatic N) is 1. The van der Waals surface area contributed by atoms with Crippen LogP contribution in [0.3, 0.4) is 0 Å². The number of nitrogens with one attached hydrogen (secondary N) is 3. The van der Waals surface area contributed by atoms with Crippen molar-refractivity contribution in [1.82, 2.24) is 21.1 Å². The molecule has 0 spiro atoms. The van der Waals surface area contributed by atoms with Gasteiger partial charge in [-0.05, 0) is 69.9 Å². The number of aliphatic hydroxyl groups is 1. The number of rotatable bonds is 1. The van der Waals surface area contributed by atoms with E-state index in [-0.39, 0.29) is 23.8 Å². The van der Waals surface area contributed by atoms with Crippen molar-refractivity contribution in [3.8, 4) is 0 Å². The highest BCUT2D eigenvalue weighted by Crippen LogP contribution is 2.20. The molecule has 0 saturated carbocycles. The van der Waals surface area contributed by atoms with Crippen molar-refractivity contribution in [2.75, 3.05) is 6.54 Å². The Hall–Kier alpha value is -2.98. The van der Waals surface area contributed by atoms with E-state index in [0.717, 1.165) is 24.0 Å². The second kappa shape index (κ2) is 13.9. The Balaban J connectivity index is 1.82. The van der Waals surface area contributed by atoms with Crippen molar-refractivity contribution in [3.05, 3.63) is 35.4 Å². The molecule has 1 aromatic rings. The summed E-state index contributed by atoms with van der Waals surface area (Å²) in [6.07, 6.45) is 1.98. The van der Waals surface area contributed by atoms with Gasteiger partial charge in [-0.2, -0.15) is 0 Å². The SMILES string of the molecule is CC1NC(=O)C(C(C)C)OC(=O)C(C)C(O)CCCCc2cccc(c2)C(C)NC(=O)C2CCCN(N2)C1=O. The second-order valence-electron chi connectivity index (χ2n) is 11.2. The second-order valence-corrected chi connectivity index (χ2v) is 11.2. The molecule has 3 amide bonds. The monoisotopic (exact) mass is 544 g/mol. The molecule has 2 aliphatic heterocycles. The van der Waals surface area contributed by atoms with Gasteiger partial charge < -0.3 is 20.5 Å². The normalized spacial score (nSPS) is 30.5. The molecule has 1 saturated heterocycles. The number of hydrogen-bond acceptors (Lipinski definition) is 7. The molecular formula is C29H44N4O6. The molecule has 4 N–H and O–H groups in total. The maximum Gasteiger partial charge on any atom is 0.312 e. The molecule has 1 fully saturated rings. The average Bonchev–Trinajstić information content (AvgIpc) is 2.92. The topological polar surface area (TPSA) is 137 Å². The van der Waals surface area contributed by atoms with Gasteiger partial charge in [-0.1, -0.05) is 44.5 Å². The van der Waals surface area contributed by atoms with Gasteiger partial charge in [0.2, 0.25) is 5.91 Å². The standard InChI is InChI=1S/C29H44N4O6/c1-17(2)25-27(36)31-20(5)28(37)33-15-9-13-23(32-33)26(35)30-19(4)22-12-8-11-21(16-22)10-6-7-14-24(34)18(3)29(38)39-25/h8,11-12,16-20,23-25,32,34H,6-7,9-10,13-15H2,1-5H3,(H,30,35)(H,31,36). The summed E-state index contributed by atoms with van der Waals surface area (Å²) in [5, 5.41) is 17.7. The first kappa shape index (κ1) is 30.6. The number of ether oxygens (including phenoxy) is 1. The van der Waals surface area contributed by atoms with Crippen molar-refractivity contribution in [3.63, 3.8) is 0 Å². The van der Waals surface area contributed by atoms with Crippen LogP contribution in [-0.2, 0) is 30.3 Å². The number of benzene rings is 1. The van der Waals surface area contributed by atoms with Crippen LogP contribution in [0.1, 0.15) is 83.9 Å². The smallest absolute Gasteiger partial charge is 0.312 e. The van der Waals surface area contributed by atoms with E-state index in [1.807, 2.05) is 25.1 Å². The molecule has 0 radical (unpaired) electrons. The minimum absolute atomic E-state index is 0.195. The molecule has 6 atom stereocenters. The fraction of sp³-hybridized carbons (Fsp3) is 0.655. The number of cyclic esters (lactones) is 1. The summed E-state index contributed by atoms with van der Waals surface area (Å²) in [6.45, 7) is 9.00. The molecular weight excluding hydrogens is 500 g/mol. The Kier molecular flexibility index (Phi) is 10.9. The van der Waals surface area contributed by atoms with E-state index < -0.39 is 42.1 Å². The van der Waals surface area contributed by atoms with Crippen LogP contribution >= 0.6 is 0 Å². The van der Waals surface area contributed by atoms with E-state index in [2.05, 4.69) is 22.1 Å². The Morgan fingerprint density at radius 2 is 1.67 bits per heavy atom. The van der Waals surface area contributed by atoms with Crippen LogP contribution in [0, 0.1) is 11.8 Å². The number of fused-ring (bicyclic) bond motifs is 4. The quantitative estimate of drug-likeness (QED) is 0.398. The zero-order valence-electron chi connectivity index (χ0n) is 23.7. The lowest BCUT2D eigenvalue weighted by molar-refractivity contribution is -0.165. The number of amides is 3. The van der Waals surface area contributed by atoms with Gasteiger partial charge in [0.1, 0.15) is 12.1 Å². The summed E-state index contributed by atoms with van der Waals surface area (Å²) in [5.74, 6) is -2.95. The zero-order valence-corrected chi connectivity index (χ0v) is 23.7. The predicted octanol–water partition coefficient (Wildman–Crippen LogP) is 2.16. The van der Waals surface area contributed by atoms with Crippen molar-refractivity contribution in [1.29, 1.82) is 0 Å². The molecule has 0 aliphatic carbocycles. The third-order valence-corrected chi connectivity index (χ3v) is 7.58. The minimum Gasteiger partial charge on any atom is -0.452 e. The maximum absolute atomic E-state index is 13.1. The average molecular weight is 545 g/mol. The van der Waals surface area contributed by atoms with Crippen LogP contribution in [0.5, 0.6) is 0 Å². The zero-order chi connectivity index (χ0) is 28.7. The molecule has 10 heteroatoms. The molecule has 0 aromatic heterocycles. The summed E-state index contributed by atoms with van der Waals surface area (Å²) < 4.78 is 5.53. The lowest BCUT2D eigenvalue weighted by Gasteiger charge is -2.35. The molecule has 216 valence electrons. The van der Waals surface area contributed by atoms with Gasteiger partial charge in [-0.25, -0.2) is 5.43 Å². The molecule has 4 bridgehead atoms. The Bertz CT molecular complexity index is 1030. The largest absolute Gasteiger partial charge is 0.452 e. The van der Waals surface area contributed by atoms with Crippen LogP contribution in [-0.4, -0.2) is 64.6 Å². The number of aliphatic hydroxyl groups excluding tert-OH is 1. The molecule has 10 nitrogen and oxygen atoms in total. The van der Waals surface area contributed by atoms with E-state index in [1.54, 1.807) is 27.7 Å². The molecule has 1 aromatic carbocycles. The lowest BCUT2D eigenvalue weighted by Crippen LogP contribution is -2.61. The van der Waals surface area contributed by atoms with Gasteiger partial charge in [-0.15, -0.1) is 0 Å². The van der Waals surface area contributed by atoms with Crippen molar-refractivity contribution in [2.24, 2.45) is 11.8 Å². The number of esters is 1. The van der Waals surface area contributed by atoms with E-state index in [4.69, 9.17) is 4.74 Å². The lowest BCUT2D eigenvalue weighted by atomic mass is 9.96. The molecule has 2 aliphatic rings. The Morgan fingerprint density at radius 1 is 0.949 bits per heavy atom. The van der Waals surface area contributed by atoms with E-state index in [9.17, 15) is 24.3 Å². The highest BCUT2D eigenvalue weighted by molar-refractivity contribution is 5.90. The summed E-state index contributed by atoms with van der Waals surface area (Å²) >= 11 is 0. The van der Waals surface area contributed by atoms with Gasteiger partial charge in [-0.3, -0.25) is 24.2 Å². The van der Waals surface area contributed by atoms with Gasteiger partial charge in [0.25, 0.3) is 11.8 Å². The predicted molar refractivity (Wildman–Crippen MR) is 146 cm³/mol. The summed E-state index contributed by atoms with van der Waals surface area (Å²) in [7, 11) is 0. The highest BCUT2D eigenvalue weighted by Gasteiger charge is 2.35. The molecule has 6 unspecified atom stereocenters. The minimum atomic E-state index is -1.11. The maximum atomic E-state index is 13.1.